The second-order valence-electron chi connectivity index (χ2n) is 3.29. The van der Waals surface area contributed by atoms with Crippen molar-refractivity contribution in [1.82, 2.24) is 4.98 Å². The molecule has 84 valence electrons. The molecular weight excluding hydrogens is 224 g/mol. The smallest absolute Gasteiger partial charge is 0.255 e. The van der Waals surface area contributed by atoms with E-state index in [1.165, 1.54) is 18.0 Å². The maximum absolute atomic E-state index is 9.90. The van der Waals surface area contributed by atoms with E-state index < -0.39 is 6.10 Å². The fraction of sp³-hybridized carbons (Fsp3) is 0.182. The van der Waals surface area contributed by atoms with Crippen LogP contribution in [0.3, 0.4) is 0 Å². The number of aromatic nitrogens is 1. The van der Waals surface area contributed by atoms with Crippen molar-refractivity contribution in [3.8, 4) is 0 Å². The Hall–Kier alpha value is -1.46. The van der Waals surface area contributed by atoms with Crippen LogP contribution < -0.4 is 5.73 Å². The monoisotopic (exact) mass is 236 g/mol. The Morgan fingerprint density at radius 2 is 2.38 bits per heavy atom. The zero-order chi connectivity index (χ0) is 11.4. The largest absolute Gasteiger partial charge is 0.440 e. The zero-order valence-corrected chi connectivity index (χ0v) is 9.35. The molecule has 5 heteroatoms. The van der Waals surface area contributed by atoms with Gasteiger partial charge in [0.1, 0.15) is 6.26 Å². The third-order valence-corrected chi connectivity index (χ3v) is 3.00. The molecule has 0 radical (unpaired) electrons. The summed E-state index contributed by atoms with van der Waals surface area (Å²) < 4.78 is 5.06. The molecule has 1 heterocycles. The highest BCUT2D eigenvalue weighted by atomic mass is 32.2. The molecular formula is C11H12N2O2S. The number of nitrogens with zero attached hydrogens (tertiary/aromatic N) is 1. The van der Waals surface area contributed by atoms with Gasteiger partial charge in [-0.25, -0.2) is 4.98 Å². The van der Waals surface area contributed by atoms with Gasteiger partial charge in [-0.05, 0) is 17.7 Å². The van der Waals surface area contributed by atoms with Crippen molar-refractivity contribution in [3.63, 3.8) is 0 Å². The normalized spacial score (nSPS) is 12.6. The first-order valence-electron chi connectivity index (χ1n) is 4.81. The van der Waals surface area contributed by atoms with Gasteiger partial charge >= 0.3 is 0 Å². The van der Waals surface area contributed by atoms with Crippen molar-refractivity contribution in [2.24, 2.45) is 0 Å². The molecule has 2 rings (SSSR count). The maximum Gasteiger partial charge on any atom is 0.255 e. The molecule has 0 saturated heterocycles. The third kappa shape index (κ3) is 2.77. The molecule has 1 aromatic heterocycles. The van der Waals surface area contributed by atoms with Crippen LogP contribution in [-0.4, -0.2) is 15.8 Å². The van der Waals surface area contributed by atoms with Crippen LogP contribution in [0.1, 0.15) is 11.7 Å². The standard InChI is InChI=1S/C11H12N2O2S/c12-9-3-1-2-8(6-9)10(14)7-16-11-13-4-5-15-11/h1-6,10,14H,7,12H2. The van der Waals surface area contributed by atoms with Crippen molar-refractivity contribution in [1.29, 1.82) is 0 Å². The lowest BCUT2D eigenvalue weighted by Crippen LogP contribution is -2.01. The van der Waals surface area contributed by atoms with E-state index in [0.29, 0.717) is 16.7 Å². The Bertz CT molecular complexity index is 445. The van der Waals surface area contributed by atoms with Crippen molar-refractivity contribution < 1.29 is 9.52 Å². The van der Waals surface area contributed by atoms with Gasteiger partial charge in [-0.2, -0.15) is 0 Å². The Balaban J connectivity index is 1.95. The molecule has 0 saturated carbocycles. The van der Waals surface area contributed by atoms with E-state index in [9.17, 15) is 5.11 Å². The van der Waals surface area contributed by atoms with Gasteiger partial charge in [0.25, 0.3) is 5.22 Å². The maximum atomic E-state index is 9.90. The molecule has 4 nitrogen and oxygen atoms in total. The highest BCUT2D eigenvalue weighted by molar-refractivity contribution is 7.99. The summed E-state index contributed by atoms with van der Waals surface area (Å²) in [5.74, 6) is 0.490. The van der Waals surface area contributed by atoms with Gasteiger partial charge in [0.05, 0.1) is 12.3 Å². The van der Waals surface area contributed by atoms with Crippen LogP contribution in [0.2, 0.25) is 0 Å². The van der Waals surface area contributed by atoms with Crippen LogP contribution in [0, 0.1) is 0 Å². The van der Waals surface area contributed by atoms with Gasteiger partial charge < -0.3 is 15.3 Å². The molecule has 0 aliphatic carbocycles. The number of aliphatic hydroxyl groups is 1. The number of aliphatic hydroxyl groups excluding tert-OH is 1. The van der Waals surface area contributed by atoms with Gasteiger partial charge in [-0.15, -0.1) is 0 Å². The van der Waals surface area contributed by atoms with E-state index in [2.05, 4.69) is 4.98 Å². The minimum absolute atomic E-state index is 0.490. The molecule has 0 bridgehead atoms. The Morgan fingerprint density at radius 1 is 1.50 bits per heavy atom. The van der Waals surface area contributed by atoms with E-state index in [1.54, 1.807) is 18.3 Å². The Labute approximate surface area is 97.5 Å². The molecule has 1 aromatic carbocycles. The molecule has 3 N–H and O–H groups in total. The highest BCUT2D eigenvalue weighted by Gasteiger charge is 2.09. The molecule has 1 unspecified atom stereocenters. The number of oxazole rings is 1. The first-order valence-corrected chi connectivity index (χ1v) is 5.80. The predicted molar refractivity (Wildman–Crippen MR) is 63.0 cm³/mol. The number of rotatable bonds is 4. The van der Waals surface area contributed by atoms with Crippen LogP contribution in [0.15, 0.2) is 46.4 Å². The summed E-state index contributed by atoms with van der Waals surface area (Å²) >= 11 is 1.37. The van der Waals surface area contributed by atoms with Crippen LogP contribution in [0.25, 0.3) is 0 Å². The summed E-state index contributed by atoms with van der Waals surface area (Å²) in [6, 6.07) is 7.22. The van der Waals surface area contributed by atoms with Crippen LogP contribution in [0.5, 0.6) is 0 Å². The second kappa shape index (κ2) is 5.05. The summed E-state index contributed by atoms with van der Waals surface area (Å²) in [7, 11) is 0. The fourth-order valence-corrected chi connectivity index (χ4v) is 2.05. The summed E-state index contributed by atoms with van der Waals surface area (Å²) in [6.45, 7) is 0. The second-order valence-corrected chi connectivity index (χ2v) is 4.27. The van der Waals surface area contributed by atoms with Gasteiger partial charge in [0.2, 0.25) is 0 Å². The Kier molecular flexibility index (Phi) is 3.48. The minimum atomic E-state index is -0.569. The zero-order valence-electron chi connectivity index (χ0n) is 8.54. The first kappa shape index (κ1) is 11.0. The molecule has 2 aromatic rings. The fourth-order valence-electron chi connectivity index (χ4n) is 1.29. The lowest BCUT2D eigenvalue weighted by molar-refractivity contribution is 0.204. The third-order valence-electron chi connectivity index (χ3n) is 2.07. The van der Waals surface area contributed by atoms with Gasteiger partial charge in [-0.3, -0.25) is 0 Å². The van der Waals surface area contributed by atoms with E-state index >= 15 is 0 Å². The van der Waals surface area contributed by atoms with Crippen LogP contribution >= 0.6 is 11.8 Å². The number of anilines is 1. The van der Waals surface area contributed by atoms with E-state index in [-0.39, 0.29) is 0 Å². The topological polar surface area (TPSA) is 72.3 Å². The van der Waals surface area contributed by atoms with Crippen LogP contribution in [0.4, 0.5) is 5.69 Å². The summed E-state index contributed by atoms with van der Waals surface area (Å²) in [5.41, 5.74) is 7.09. The molecule has 0 spiro atoms. The minimum Gasteiger partial charge on any atom is -0.440 e. The molecule has 16 heavy (non-hydrogen) atoms. The average Bonchev–Trinajstić information content (AvgIpc) is 2.78. The van der Waals surface area contributed by atoms with Gasteiger partial charge in [0, 0.05) is 11.4 Å². The summed E-state index contributed by atoms with van der Waals surface area (Å²) in [6.07, 6.45) is 2.52. The predicted octanol–water partition coefficient (Wildman–Crippen LogP) is 2.08. The number of thioether (sulfide) groups is 1. The SMILES string of the molecule is Nc1cccc(C(O)CSc2ncco2)c1. The first-order chi connectivity index (χ1) is 7.75. The highest BCUT2D eigenvalue weighted by Crippen LogP contribution is 2.24. The average molecular weight is 236 g/mol. The van der Waals surface area contributed by atoms with E-state index in [0.717, 1.165) is 5.56 Å². The van der Waals surface area contributed by atoms with E-state index in [4.69, 9.17) is 10.2 Å². The number of hydrogen-bond acceptors (Lipinski definition) is 5. The van der Waals surface area contributed by atoms with Crippen molar-refractivity contribution >= 4 is 17.4 Å². The number of hydrogen-bond donors (Lipinski definition) is 2. The molecule has 0 amide bonds. The van der Waals surface area contributed by atoms with Crippen molar-refractivity contribution in [3.05, 3.63) is 42.3 Å². The summed E-state index contributed by atoms with van der Waals surface area (Å²) in [5, 5.41) is 10.5. The van der Waals surface area contributed by atoms with Crippen LogP contribution in [-0.2, 0) is 0 Å². The Morgan fingerprint density at radius 3 is 3.06 bits per heavy atom. The number of benzene rings is 1. The number of nitrogens with two attached hydrogens (primary N) is 1. The molecule has 0 aliphatic heterocycles. The lowest BCUT2D eigenvalue weighted by atomic mass is 10.1. The van der Waals surface area contributed by atoms with E-state index in [1.807, 2.05) is 12.1 Å². The van der Waals surface area contributed by atoms with Crippen molar-refractivity contribution in [2.45, 2.75) is 11.3 Å². The lowest BCUT2D eigenvalue weighted by Gasteiger charge is -2.09. The van der Waals surface area contributed by atoms with Crippen molar-refractivity contribution in [2.75, 3.05) is 11.5 Å². The summed E-state index contributed by atoms with van der Waals surface area (Å²) in [4.78, 5) is 3.96. The molecule has 1 atom stereocenters. The quantitative estimate of drug-likeness (QED) is 0.628. The number of nitrogen functional groups attached to an aromatic ring is 1. The molecule has 0 aliphatic rings. The van der Waals surface area contributed by atoms with Gasteiger partial charge in [-0.1, -0.05) is 23.9 Å². The van der Waals surface area contributed by atoms with Gasteiger partial charge in [0.15, 0.2) is 0 Å². The molecule has 0 fully saturated rings.